The van der Waals surface area contributed by atoms with Crippen LogP contribution in [0.15, 0.2) is 0 Å². The Morgan fingerprint density at radius 2 is 1.03 bits per heavy atom. The summed E-state index contributed by atoms with van der Waals surface area (Å²) in [5.74, 6) is -10.7. The number of amides is 3. The lowest BCUT2D eigenvalue weighted by molar-refractivity contribution is -0.145. The number of hydrogen-bond donors (Lipinski definition) is 7. The standard InChI is InChI=1S/C44H73N3O18S/c48-24-15-16-35(49)30-46-40(53)22-19-33(43(57)58)28-36(50)31-65-27-26-64-25-23-45-39(52)21-20-34(44(59)60)29-38(51)37(32-66(61,62)63)47-41(54)17-13-11-9-7-5-3-1-2-4-6-8-10-12-14-18-42(55)56/h24,33-34,37H,1-23,25-32H2,(H,45,52)(H,46,53)(H,47,54)(H,55,56)(H,57,58)(H,59,60)(H,61,62,63). The zero-order valence-electron chi connectivity index (χ0n) is 38.1. The van der Waals surface area contributed by atoms with Gasteiger partial charge >= 0.3 is 17.9 Å². The molecule has 3 unspecified atom stereocenters. The van der Waals surface area contributed by atoms with E-state index in [0.29, 0.717) is 12.7 Å². The van der Waals surface area contributed by atoms with E-state index in [9.17, 15) is 71.1 Å². The minimum atomic E-state index is -4.73. The first-order chi connectivity index (χ1) is 31.3. The van der Waals surface area contributed by atoms with Gasteiger partial charge in [-0.25, -0.2) is 0 Å². The second-order valence-corrected chi connectivity index (χ2v) is 17.8. The van der Waals surface area contributed by atoms with E-state index in [4.69, 9.17) is 14.6 Å². The summed E-state index contributed by atoms with van der Waals surface area (Å²) in [6.07, 6.45) is 12.5. The average molecular weight is 964 g/mol. The van der Waals surface area contributed by atoms with Gasteiger partial charge in [0.15, 0.2) is 17.3 Å². The number of carboxylic acid groups (broad SMARTS) is 3. The molecule has 0 radical (unpaired) electrons. The third-order valence-electron chi connectivity index (χ3n) is 10.4. The summed E-state index contributed by atoms with van der Waals surface area (Å²) in [6.45, 7) is -0.716. The number of carboxylic acids is 3. The van der Waals surface area contributed by atoms with Gasteiger partial charge < -0.3 is 45.5 Å². The van der Waals surface area contributed by atoms with E-state index in [1.54, 1.807) is 0 Å². The van der Waals surface area contributed by atoms with Crippen molar-refractivity contribution in [2.24, 2.45) is 11.8 Å². The minimum Gasteiger partial charge on any atom is -0.481 e. The van der Waals surface area contributed by atoms with Gasteiger partial charge in [0.05, 0.1) is 38.2 Å². The molecule has 0 aliphatic heterocycles. The molecule has 0 fully saturated rings. The van der Waals surface area contributed by atoms with Crippen molar-refractivity contribution in [2.75, 3.05) is 45.3 Å². The highest BCUT2D eigenvalue weighted by molar-refractivity contribution is 7.85. The molecule has 0 aromatic carbocycles. The molecule has 0 heterocycles. The van der Waals surface area contributed by atoms with Gasteiger partial charge in [0.2, 0.25) is 17.7 Å². The van der Waals surface area contributed by atoms with Crippen molar-refractivity contribution in [3.05, 3.63) is 0 Å². The Hall–Kier alpha value is -4.67. The molecule has 0 spiro atoms. The van der Waals surface area contributed by atoms with Crippen LogP contribution in [0.1, 0.15) is 154 Å². The lowest BCUT2D eigenvalue weighted by atomic mass is 9.94. The van der Waals surface area contributed by atoms with E-state index in [1.165, 1.54) is 0 Å². The molecule has 21 nitrogen and oxygen atoms in total. The van der Waals surface area contributed by atoms with E-state index in [2.05, 4.69) is 16.0 Å². The maximum Gasteiger partial charge on any atom is 0.306 e. The Kier molecular flexibility index (Phi) is 35.7. The molecule has 0 bridgehead atoms. The summed E-state index contributed by atoms with van der Waals surface area (Å²) in [4.78, 5) is 118. The van der Waals surface area contributed by atoms with Gasteiger partial charge in [-0.3, -0.25) is 47.7 Å². The SMILES string of the molecule is O=CCCC(=O)CNC(=O)CCC(CC(=O)COCCOCCNC(=O)CCC(CC(=O)C(CS(=O)(=O)O)NC(=O)CCCCCCCCCCCCCCCCC(=O)O)C(=O)O)C(=O)O. The van der Waals surface area contributed by atoms with Crippen LogP contribution in [0, 0.1) is 11.8 Å². The van der Waals surface area contributed by atoms with Gasteiger partial charge in [-0.15, -0.1) is 0 Å². The molecule has 22 heteroatoms. The van der Waals surface area contributed by atoms with Crippen LogP contribution in [0.25, 0.3) is 0 Å². The van der Waals surface area contributed by atoms with Crippen molar-refractivity contribution >= 4 is 69.4 Å². The number of carbonyl (C=O) groups excluding carboxylic acids is 7. The summed E-state index contributed by atoms with van der Waals surface area (Å²) in [6, 6.07) is -1.68. The Balaban J connectivity index is 4.39. The quantitative estimate of drug-likeness (QED) is 0.0261. The first kappa shape index (κ1) is 61.3. The number of hydrogen-bond acceptors (Lipinski definition) is 14. The van der Waals surface area contributed by atoms with Gasteiger partial charge in [0.25, 0.3) is 10.1 Å². The number of ether oxygens (including phenoxy) is 2. The highest BCUT2D eigenvalue weighted by Crippen LogP contribution is 2.17. The Morgan fingerprint density at radius 3 is 1.53 bits per heavy atom. The number of Topliss-reactive ketones (excluding diaryl/α,β-unsaturated/α-hetero) is 3. The van der Waals surface area contributed by atoms with Crippen molar-refractivity contribution < 1.29 is 85.7 Å². The second-order valence-electron chi connectivity index (χ2n) is 16.3. The third-order valence-corrected chi connectivity index (χ3v) is 11.2. The predicted octanol–water partition coefficient (Wildman–Crippen LogP) is 3.38. The molecule has 3 amide bonds. The smallest absolute Gasteiger partial charge is 0.306 e. The number of nitrogens with one attached hydrogen (secondary N) is 3. The molecule has 0 saturated heterocycles. The lowest BCUT2D eigenvalue weighted by Crippen LogP contribution is -2.46. The molecule has 0 aromatic heterocycles. The fourth-order valence-electron chi connectivity index (χ4n) is 6.68. The summed E-state index contributed by atoms with van der Waals surface area (Å²) in [5.41, 5.74) is 0. The van der Waals surface area contributed by atoms with Crippen LogP contribution >= 0.6 is 0 Å². The van der Waals surface area contributed by atoms with Gasteiger partial charge in [-0.2, -0.15) is 8.42 Å². The number of aliphatic carboxylic acids is 3. The molecule has 0 aliphatic rings. The number of ketones is 3. The molecule has 3 atom stereocenters. The van der Waals surface area contributed by atoms with Crippen LogP contribution in [-0.4, -0.2) is 139 Å². The zero-order valence-corrected chi connectivity index (χ0v) is 39.0. The fourth-order valence-corrected chi connectivity index (χ4v) is 7.37. The van der Waals surface area contributed by atoms with E-state index in [0.717, 1.165) is 83.5 Å². The van der Waals surface area contributed by atoms with Crippen LogP contribution in [0.3, 0.4) is 0 Å². The van der Waals surface area contributed by atoms with Crippen LogP contribution in [0.2, 0.25) is 0 Å². The van der Waals surface area contributed by atoms with Crippen molar-refractivity contribution in [2.45, 2.75) is 160 Å². The molecule has 0 aromatic rings. The molecular formula is C44H73N3O18S. The predicted molar refractivity (Wildman–Crippen MR) is 238 cm³/mol. The van der Waals surface area contributed by atoms with Crippen molar-refractivity contribution in [3.8, 4) is 0 Å². The molecule has 66 heavy (non-hydrogen) atoms. The Labute approximate surface area is 387 Å². The molecular weight excluding hydrogens is 891 g/mol. The minimum absolute atomic E-state index is 0.00306. The van der Waals surface area contributed by atoms with Gasteiger partial charge in [0.1, 0.15) is 24.7 Å². The van der Waals surface area contributed by atoms with E-state index in [-0.39, 0.29) is 96.5 Å². The monoisotopic (exact) mass is 963 g/mol. The topological polar surface area (TPSA) is 340 Å². The van der Waals surface area contributed by atoms with E-state index < -0.39 is 94.0 Å². The second kappa shape index (κ2) is 38.4. The van der Waals surface area contributed by atoms with Crippen LogP contribution < -0.4 is 16.0 Å². The first-order valence-electron chi connectivity index (χ1n) is 22.9. The number of unbranched alkanes of at least 4 members (excludes halogenated alkanes) is 13. The van der Waals surface area contributed by atoms with Crippen LogP contribution in [0.5, 0.6) is 0 Å². The number of carbonyl (C=O) groups is 10. The molecule has 0 aliphatic carbocycles. The fraction of sp³-hybridized carbons (Fsp3) is 0.773. The largest absolute Gasteiger partial charge is 0.481 e. The van der Waals surface area contributed by atoms with Crippen LogP contribution in [0.4, 0.5) is 0 Å². The lowest BCUT2D eigenvalue weighted by Gasteiger charge is -2.19. The molecule has 0 saturated carbocycles. The van der Waals surface area contributed by atoms with E-state index in [1.807, 2.05) is 0 Å². The van der Waals surface area contributed by atoms with Crippen molar-refractivity contribution in [1.29, 1.82) is 0 Å². The van der Waals surface area contributed by atoms with Gasteiger partial charge in [0, 0.05) is 57.9 Å². The maximum atomic E-state index is 13.0. The van der Waals surface area contributed by atoms with Gasteiger partial charge in [-0.05, 0) is 25.7 Å². The molecule has 378 valence electrons. The zero-order chi connectivity index (χ0) is 49.6. The third kappa shape index (κ3) is 37.5. The van der Waals surface area contributed by atoms with Crippen molar-refractivity contribution in [1.82, 2.24) is 16.0 Å². The van der Waals surface area contributed by atoms with Crippen molar-refractivity contribution in [3.63, 3.8) is 0 Å². The highest BCUT2D eigenvalue weighted by Gasteiger charge is 2.31. The normalized spacial score (nSPS) is 12.6. The summed E-state index contributed by atoms with van der Waals surface area (Å²) in [5, 5.41) is 35.0. The molecule has 0 rings (SSSR count). The Morgan fingerprint density at radius 1 is 0.545 bits per heavy atom. The number of rotatable bonds is 46. The average Bonchev–Trinajstić information content (AvgIpc) is 3.24. The molecule has 7 N–H and O–H groups in total. The highest BCUT2D eigenvalue weighted by atomic mass is 32.2. The first-order valence-corrected chi connectivity index (χ1v) is 24.6. The summed E-state index contributed by atoms with van der Waals surface area (Å²) >= 11 is 0. The number of aldehydes is 1. The van der Waals surface area contributed by atoms with Gasteiger partial charge in [-0.1, -0.05) is 77.0 Å². The maximum absolute atomic E-state index is 13.0. The van der Waals surface area contributed by atoms with E-state index >= 15 is 0 Å². The summed E-state index contributed by atoms with van der Waals surface area (Å²) < 4.78 is 43.2. The summed E-state index contributed by atoms with van der Waals surface area (Å²) in [7, 11) is -4.73. The Bertz CT molecular complexity index is 1620. The van der Waals surface area contributed by atoms with Crippen LogP contribution in [-0.2, 0) is 67.5 Å².